The number of nitrogens with one attached hydrogen (secondary N) is 1. The zero-order valence-corrected chi connectivity index (χ0v) is 13.3. The number of hydrogen-bond donors (Lipinski definition) is 1. The third-order valence-corrected chi connectivity index (χ3v) is 4.71. The van der Waals surface area contributed by atoms with Gasteiger partial charge < -0.3 is 10.1 Å². The van der Waals surface area contributed by atoms with Crippen LogP contribution in [-0.4, -0.2) is 44.3 Å². The first-order valence-electron chi connectivity index (χ1n) is 8.42. The minimum absolute atomic E-state index is 0.259. The molecule has 0 bridgehead atoms. The topological polar surface area (TPSA) is 24.5 Å². The predicted octanol–water partition coefficient (Wildman–Crippen LogP) is 2.94. The van der Waals surface area contributed by atoms with Crippen molar-refractivity contribution >= 4 is 0 Å². The van der Waals surface area contributed by atoms with Gasteiger partial charge in [0, 0.05) is 13.1 Å². The van der Waals surface area contributed by atoms with Crippen LogP contribution in [0.15, 0.2) is 24.3 Å². The lowest BCUT2D eigenvalue weighted by atomic mass is 9.91. The molecule has 2 unspecified atom stereocenters. The van der Waals surface area contributed by atoms with E-state index in [0.29, 0.717) is 6.04 Å². The highest BCUT2D eigenvalue weighted by molar-refractivity contribution is 5.36. The van der Waals surface area contributed by atoms with Crippen molar-refractivity contribution in [2.24, 2.45) is 0 Å². The lowest BCUT2D eigenvalue weighted by Crippen LogP contribution is -2.47. The summed E-state index contributed by atoms with van der Waals surface area (Å²) in [5, 5.41) is 3.54. The maximum absolute atomic E-state index is 6.11. The van der Waals surface area contributed by atoms with Gasteiger partial charge in [-0.15, -0.1) is 0 Å². The second-order valence-electron chi connectivity index (χ2n) is 6.44. The molecule has 2 atom stereocenters. The molecule has 0 spiro atoms. The van der Waals surface area contributed by atoms with Gasteiger partial charge in [-0.3, -0.25) is 4.90 Å². The summed E-state index contributed by atoms with van der Waals surface area (Å²) in [5.41, 5.74) is 3.05. The Morgan fingerprint density at radius 3 is 2.71 bits per heavy atom. The first kappa shape index (κ1) is 15.0. The summed E-state index contributed by atoms with van der Waals surface area (Å²) in [5.74, 6) is 0.792. The first-order valence-corrected chi connectivity index (χ1v) is 8.42. The van der Waals surface area contributed by atoms with Gasteiger partial charge >= 0.3 is 0 Å². The van der Waals surface area contributed by atoms with Crippen molar-refractivity contribution in [1.82, 2.24) is 10.2 Å². The van der Waals surface area contributed by atoms with E-state index in [2.05, 4.69) is 48.5 Å². The molecule has 0 amide bonds. The first-order chi connectivity index (χ1) is 10.3. The van der Waals surface area contributed by atoms with Gasteiger partial charge in [0.25, 0.3) is 0 Å². The number of morpholine rings is 1. The minimum Gasteiger partial charge on any atom is -0.374 e. The summed E-state index contributed by atoms with van der Waals surface area (Å²) >= 11 is 0. The maximum atomic E-state index is 6.11. The van der Waals surface area contributed by atoms with Crippen LogP contribution in [-0.2, 0) is 4.74 Å². The number of hydrogen-bond acceptors (Lipinski definition) is 3. The Bertz CT molecular complexity index is 458. The van der Waals surface area contributed by atoms with Gasteiger partial charge in [0.1, 0.15) is 0 Å². The summed E-state index contributed by atoms with van der Waals surface area (Å²) in [4.78, 5) is 2.48. The average Bonchev–Trinajstić information content (AvgIpc) is 3.32. The highest BCUT2D eigenvalue weighted by Gasteiger charge is 2.35. The fourth-order valence-electron chi connectivity index (χ4n) is 3.44. The van der Waals surface area contributed by atoms with Crippen LogP contribution in [0.1, 0.15) is 49.3 Å². The van der Waals surface area contributed by atoms with Crippen LogP contribution < -0.4 is 5.32 Å². The molecule has 1 aromatic carbocycles. The molecule has 1 aliphatic heterocycles. The van der Waals surface area contributed by atoms with E-state index in [4.69, 9.17) is 4.74 Å². The normalized spacial score (nSPS) is 27.0. The van der Waals surface area contributed by atoms with Crippen LogP contribution in [0.2, 0.25) is 0 Å². The van der Waals surface area contributed by atoms with Gasteiger partial charge in [0.2, 0.25) is 0 Å². The van der Waals surface area contributed by atoms with E-state index in [9.17, 15) is 0 Å². The van der Waals surface area contributed by atoms with Crippen LogP contribution in [0.25, 0.3) is 0 Å². The summed E-state index contributed by atoms with van der Waals surface area (Å²) in [6.07, 6.45) is 4.14. The smallest absolute Gasteiger partial charge is 0.0896 e. The molecule has 1 N–H and O–H groups in total. The molecule has 3 nitrogen and oxygen atoms in total. The van der Waals surface area contributed by atoms with Crippen LogP contribution in [0.5, 0.6) is 0 Å². The fourth-order valence-corrected chi connectivity index (χ4v) is 3.44. The highest BCUT2D eigenvalue weighted by atomic mass is 16.5. The van der Waals surface area contributed by atoms with Gasteiger partial charge in [-0.25, -0.2) is 0 Å². The molecule has 21 heavy (non-hydrogen) atoms. The van der Waals surface area contributed by atoms with Gasteiger partial charge in [0.05, 0.1) is 18.8 Å². The van der Waals surface area contributed by atoms with Crippen molar-refractivity contribution < 1.29 is 4.74 Å². The van der Waals surface area contributed by atoms with Gasteiger partial charge in [0.15, 0.2) is 0 Å². The van der Waals surface area contributed by atoms with Gasteiger partial charge in [-0.1, -0.05) is 31.2 Å². The molecule has 2 fully saturated rings. The molecule has 1 heterocycles. The van der Waals surface area contributed by atoms with Crippen molar-refractivity contribution in [3.8, 4) is 0 Å². The molecule has 1 saturated carbocycles. The second kappa shape index (κ2) is 6.91. The number of ether oxygens (including phenoxy) is 1. The van der Waals surface area contributed by atoms with E-state index in [1.807, 2.05) is 0 Å². The lowest BCUT2D eigenvalue weighted by Gasteiger charge is -2.40. The van der Waals surface area contributed by atoms with Crippen molar-refractivity contribution in [2.75, 3.05) is 33.3 Å². The van der Waals surface area contributed by atoms with E-state index in [1.54, 1.807) is 5.56 Å². The number of likely N-dealkylation sites (N-methyl/N-ethyl adjacent to an activating group) is 1. The van der Waals surface area contributed by atoms with Crippen molar-refractivity contribution in [2.45, 2.75) is 44.2 Å². The maximum Gasteiger partial charge on any atom is 0.0896 e. The zero-order chi connectivity index (χ0) is 14.7. The molecule has 2 aliphatic rings. The molecule has 1 aromatic rings. The van der Waals surface area contributed by atoms with E-state index in [-0.39, 0.29) is 6.10 Å². The Hall–Kier alpha value is -0.900. The van der Waals surface area contributed by atoms with E-state index < -0.39 is 0 Å². The molecule has 116 valence electrons. The Kier molecular flexibility index (Phi) is 4.94. The van der Waals surface area contributed by atoms with Crippen molar-refractivity contribution in [1.29, 1.82) is 0 Å². The molecule has 3 heteroatoms. The Morgan fingerprint density at radius 1 is 1.24 bits per heavy atom. The Labute approximate surface area is 128 Å². The minimum atomic E-state index is 0.259. The third-order valence-electron chi connectivity index (χ3n) is 4.71. The summed E-state index contributed by atoms with van der Waals surface area (Å²) in [6, 6.07) is 9.40. The molecule has 1 saturated heterocycles. The molecule has 3 rings (SSSR count). The van der Waals surface area contributed by atoms with Gasteiger partial charge in [-0.05, 0) is 49.9 Å². The molecular formula is C18H28N2O. The molecular weight excluding hydrogens is 260 g/mol. The van der Waals surface area contributed by atoms with Crippen LogP contribution in [0, 0.1) is 0 Å². The van der Waals surface area contributed by atoms with Crippen molar-refractivity contribution in [3.63, 3.8) is 0 Å². The highest BCUT2D eigenvalue weighted by Crippen LogP contribution is 2.44. The SMILES string of the molecule is CCCNCC1OCCN(C)C1c1ccccc1C1CC1. The predicted molar refractivity (Wildman–Crippen MR) is 86.7 cm³/mol. The van der Waals surface area contributed by atoms with E-state index >= 15 is 0 Å². The molecule has 0 aromatic heterocycles. The Balaban J connectivity index is 1.81. The largest absolute Gasteiger partial charge is 0.374 e. The van der Waals surface area contributed by atoms with E-state index in [0.717, 1.165) is 32.2 Å². The Morgan fingerprint density at radius 2 is 2.00 bits per heavy atom. The monoisotopic (exact) mass is 288 g/mol. The quantitative estimate of drug-likeness (QED) is 0.815. The fraction of sp³-hybridized carbons (Fsp3) is 0.667. The molecule has 1 aliphatic carbocycles. The summed E-state index contributed by atoms with van der Waals surface area (Å²) in [6.45, 7) is 6.09. The molecule has 0 radical (unpaired) electrons. The average molecular weight is 288 g/mol. The lowest BCUT2D eigenvalue weighted by molar-refractivity contribution is -0.0615. The van der Waals surface area contributed by atoms with Crippen LogP contribution >= 0.6 is 0 Å². The number of benzene rings is 1. The second-order valence-corrected chi connectivity index (χ2v) is 6.44. The van der Waals surface area contributed by atoms with Crippen LogP contribution in [0.3, 0.4) is 0 Å². The van der Waals surface area contributed by atoms with Crippen molar-refractivity contribution in [3.05, 3.63) is 35.4 Å². The third kappa shape index (κ3) is 3.47. The van der Waals surface area contributed by atoms with E-state index in [1.165, 1.54) is 24.8 Å². The number of rotatable bonds is 6. The number of nitrogens with zero attached hydrogens (tertiary/aromatic N) is 1. The standard InChI is InChI=1S/C18H28N2O/c1-3-10-19-13-17-18(20(2)11-12-21-17)16-7-5-4-6-15(16)14-8-9-14/h4-7,14,17-19H,3,8-13H2,1-2H3. The van der Waals surface area contributed by atoms with Gasteiger partial charge in [-0.2, -0.15) is 0 Å². The van der Waals surface area contributed by atoms with Crippen LogP contribution in [0.4, 0.5) is 0 Å². The zero-order valence-electron chi connectivity index (χ0n) is 13.3. The summed E-state index contributed by atoms with van der Waals surface area (Å²) < 4.78 is 6.11. The summed E-state index contributed by atoms with van der Waals surface area (Å²) in [7, 11) is 2.24.